The fourth-order valence-corrected chi connectivity index (χ4v) is 5.98. The molecule has 0 radical (unpaired) electrons. The van der Waals surface area contributed by atoms with Gasteiger partial charge in [-0.1, -0.05) is 36.8 Å². The van der Waals surface area contributed by atoms with Crippen molar-refractivity contribution in [2.24, 2.45) is 0 Å². The summed E-state index contributed by atoms with van der Waals surface area (Å²) in [5, 5.41) is 2.86. The van der Waals surface area contributed by atoms with Gasteiger partial charge in [0, 0.05) is 18.7 Å². The number of hydrogen-bond acceptors (Lipinski definition) is 6. The number of carbonyl (C=O) groups is 2. The average Bonchev–Trinajstić information content (AvgIpc) is 2.95. The molecule has 0 aliphatic rings. The second-order valence-corrected chi connectivity index (χ2v) is 12.0. The Balaban J connectivity index is 2.10. The van der Waals surface area contributed by atoms with Gasteiger partial charge in [0.05, 0.1) is 24.8 Å². The van der Waals surface area contributed by atoms with Crippen molar-refractivity contribution in [3.63, 3.8) is 0 Å². The lowest BCUT2D eigenvalue weighted by Crippen LogP contribution is -2.53. The Kier molecular flexibility index (Phi) is 10.9. The molecule has 42 heavy (non-hydrogen) atoms. The van der Waals surface area contributed by atoms with Gasteiger partial charge in [0.1, 0.15) is 18.4 Å². The number of anilines is 1. The highest BCUT2D eigenvalue weighted by Crippen LogP contribution is 2.32. The summed E-state index contributed by atoms with van der Waals surface area (Å²) in [5.41, 5.74) is 1.84. The maximum atomic E-state index is 14.1. The third kappa shape index (κ3) is 7.79. The van der Waals surface area contributed by atoms with Crippen molar-refractivity contribution in [1.82, 2.24) is 10.2 Å². The molecular formula is C31H38FN3O6S. The second kappa shape index (κ2) is 14.2. The molecule has 1 atom stereocenters. The van der Waals surface area contributed by atoms with Crippen molar-refractivity contribution in [1.29, 1.82) is 0 Å². The molecule has 2 amide bonds. The van der Waals surface area contributed by atoms with Gasteiger partial charge in [0.15, 0.2) is 11.5 Å². The predicted octanol–water partition coefficient (Wildman–Crippen LogP) is 4.68. The minimum Gasteiger partial charge on any atom is -0.493 e. The van der Waals surface area contributed by atoms with Crippen LogP contribution < -0.4 is 19.1 Å². The van der Waals surface area contributed by atoms with Crippen molar-refractivity contribution in [2.45, 2.75) is 57.6 Å². The van der Waals surface area contributed by atoms with Gasteiger partial charge >= 0.3 is 0 Å². The lowest BCUT2D eigenvalue weighted by molar-refractivity contribution is -0.140. The number of methoxy groups -OCH3 is 2. The van der Waals surface area contributed by atoms with Crippen LogP contribution >= 0.6 is 0 Å². The van der Waals surface area contributed by atoms with E-state index in [1.807, 2.05) is 45.0 Å². The molecule has 0 aliphatic heterocycles. The number of carbonyl (C=O) groups excluding carboxylic acids is 2. The predicted molar refractivity (Wildman–Crippen MR) is 160 cm³/mol. The summed E-state index contributed by atoms with van der Waals surface area (Å²) < 4.78 is 53.4. The lowest BCUT2D eigenvalue weighted by Gasteiger charge is -2.33. The number of nitrogens with one attached hydrogen (secondary N) is 1. The SMILES string of the molecule is CCC(C(=O)NC(C)C)N(Cc1cccc(C)c1)C(=O)CN(c1ccc(F)cc1)S(=O)(=O)c1ccc(OC)c(OC)c1. The Labute approximate surface area is 247 Å². The number of rotatable bonds is 13. The van der Waals surface area contributed by atoms with Crippen LogP contribution in [0.25, 0.3) is 0 Å². The number of halogens is 1. The summed E-state index contributed by atoms with van der Waals surface area (Å²) in [6, 6.07) is 15.4. The van der Waals surface area contributed by atoms with Gasteiger partial charge < -0.3 is 19.7 Å². The molecule has 0 bridgehead atoms. The molecule has 1 unspecified atom stereocenters. The van der Waals surface area contributed by atoms with E-state index >= 15 is 0 Å². The molecule has 3 rings (SSSR count). The number of aryl methyl sites for hydroxylation is 1. The summed E-state index contributed by atoms with van der Waals surface area (Å²) in [6.45, 7) is 6.80. The zero-order chi connectivity index (χ0) is 31.0. The number of ether oxygens (including phenoxy) is 2. The van der Waals surface area contributed by atoms with Crippen LogP contribution in [0.5, 0.6) is 11.5 Å². The van der Waals surface area contributed by atoms with Gasteiger partial charge in [-0.25, -0.2) is 12.8 Å². The van der Waals surface area contributed by atoms with Crippen LogP contribution in [0.4, 0.5) is 10.1 Å². The van der Waals surface area contributed by atoms with Crippen molar-refractivity contribution in [2.75, 3.05) is 25.1 Å². The number of sulfonamides is 1. The van der Waals surface area contributed by atoms with E-state index in [-0.39, 0.29) is 34.8 Å². The van der Waals surface area contributed by atoms with Gasteiger partial charge in [-0.15, -0.1) is 0 Å². The fraction of sp³-hybridized carbons (Fsp3) is 0.355. The van der Waals surface area contributed by atoms with Crippen LogP contribution in [-0.4, -0.2) is 58.0 Å². The molecule has 0 fully saturated rings. The monoisotopic (exact) mass is 599 g/mol. The summed E-state index contributed by atoms with van der Waals surface area (Å²) in [6.07, 6.45) is 0.301. The normalized spacial score (nSPS) is 12.0. The Morgan fingerprint density at radius 2 is 1.62 bits per heavy atom. The van der Waals surface area contributed by atoms with E-state index < -0.39 is 34.3 Å². The Morgan fingerprint density at radius 3 is 2.19 bits per heavy atom. The van der Waals surface area contributed by atoms with Gasteiger partial charge in [-0.2, -0.15) is 0 Å². The number of nitrogens with zero attached hydrogens (tertiary/aromatic N) is 2. The molecule has 0 aromatic heterocycles. The molecule has 3 aromatic carbocycles. The first kappa shape index (κ1) is 32.4. The van der Waals surface area contributed by atoms with Crippen molar-refractivity contribution < 1.29 is 31.9 Å². The van der Waals surface area contributed by atoms with Crippen LogP contribution in [0.2, 0.25) is 0 Å². The molecule has 0 spiro atoms. The van der Waals surface area contributed by atoms with Crippen LogP contribution in [-0.2, 0) is 26.2 Å². The minimum absolute atomic E-state index is 0.0784. The third-order valence-corrected chi connectivity index (χ3v) is 8.36. The van der Waals surface area contributed by atoms with Gasteiger partial charge in [-0.3, -0.25) is 13.9 Å². The van der Waals surface area contributed by atoms with Crippen LogP contribution in [0.3, 0.4) is 0 Å². The molecule has 1 N–H and O–H groups in total. The van der Waals surface area contributed by atoms with E-state index in [1.54, 1.807) is 6.92 Å². The number of hydrogen-bond donors (Lipinski definition) is 1. The van der Waals surface area contributed by atoms with E-state index in [9.17, 15) is 22.4 Å². The Bertz CT molecular complexity index is 1490. The molecule has 226 valence electrons. The first-order valence-electron chi connectivity index (χ1n) is 13.6. The highest BCUT2D eigenvalue weighted by Gasteiger charge is 2.34. The first-order chi connectivity index (χ1) is 19.9. The molecule has 0 saturated carbocycles. The molecule has 0 aliphatic carbocycles. The lowest BCUT2D eigenvalue weighted by atomic mass is 10.1. The van der Waals surface area contributed by atoms with Crippen LogP contribution in [0.1, 0.15) is 38.3 Å². The zero-order valence-electron chi connectivity index (χ0n) is 24.8. The fourth-order valence-electron chi connectivity index (χ4n) is 4.55. The van der Waals surface area contributed by atoms with E-state index in [2.05, 4.69) is 5.32 Å². The Hall–Kier alpha value is -4.12. The molecule has 11 heteroatoms. The average molecular weight is 600 g/mol. The van der Waals surface area contributed by atoms with Gasteiger partial charge in [0.2, 0.25) is 11.8 Å². The van der Waals surface area contributed by atoms with Crippen molar-refractivity contribution in [3.8, 4) is 11.5 Å². The molecule has 0 heterocycles. The molecule has 3 aromatic rings. The van der Waals surface area contributed by atoms with E-state index in [1.165, 1.54) is 49.5 Å². The Morgan fingerprint density at radius 1 is 0.952 bits per heavy atom. The van der Waals surface area contributed by atoms with E-state index in [4.69, 9.17) is 9.47 Å². The topological polar surface area (TPSA) is 105 Å². The van der Waals surface area contributed by atoms with Crippen LogP contribution in [0, 0.1) is 12.7 Å². The van der Waals surface area contributed by atoms with E-state index in [0.717, 1.165) is 27.6 Å². The van der Waals surface area contributed by atoms with Gasteiger partial charge in [-0.05, 0) is 69.2 Å². The highest BCUT2D eigenvalue weighted by atomic mass is 32.2. The standard InChI is InChI=1S/C31H38FN3O6S/c1-7-27(31(37)33-21(2)3)34(19-23-10-8-9-22(4)17-23)30(36)20-35(25-13-11-24(32)12-14-25)42(38,39)26-15-16-28(40-5)29(18-26)41-6/h8-18,21,27H,7,19-20H2,1-6H3,(H,33,37). The third-order valence-electron chi connectivity index (χ3n) is 6.59. The molecular weight excluding hydrogens is 561 g/mol. The molecule has 9 nitrogen and oxygen atoms in total. The van der Waals surface area contributed by atoms with Gasteiger partial charge in [0.25, 0.3) is 10.0 Å². The first-order valence-corrected chi connectivity index (χ1v) is 15.0. The summed E-state index contributed by atoms with van der Waals surface area (Å²) in [4.78, 5) is 28.6. The summed E-state index contributed by atoms with van der Waals surface area (Å²) >= 11 is 0. The summed E-state index contributed by atoms with van der Waals surface area (Å²) in [7, 11) is -1.57. The van der Waals surface area contributed by atoms with E-state index in [0.29, 0.717) is 12.2 Å². The smallest absolute Gasteiger partial charge is 0.264 e. The zero-order valence-corrected chi connectivity index (χ0v) is 25.6. The number of benzene rings is 3. The summed E-state index contributed by atoms with van der Waals surface area (Å²) in [5.74, 6) is -1.00. The maximum Gasteiger partial charge on any atom is 0.264 e. The number of amides is 2. The minimum atomic E-state index is -4.38. The van der Waals surface area contributed by atoms with Crippen molar-refractivity contribution in [3.05, 3.63) is 83.7 Å². The quantitative estimate of drug-likeness (QED) is 0.306. The maximum absolute atomic E-state index is 14.1. The second-order valence-electron chi connectivity index (χ2n) is 10.1. The largest absolute Gasteiger partial charge is 0.493 e. The van der Waals surface area contributed by atoms with Crippen LogP contribution in [0.15, 0.2) is 71.6 Å². The highest BCUT2D eigenvalue weighted by molar-refractivity contribution is 7.92. The van der Waals surface area contributed by atoms with Crippen molar-refractivity contribution >= 4 is 27.5 Å². The molecule has 0 saturated heterocycles.